The number of carboxylic acids is 1. The first kappa shape index (κ1) is 16.3. The van der Waals surface area contributed by atoms with E-state index in [1.165, 1.54) is 16.2 Å². The van der Waals surface area contributed by atoms with E-state index in [0.29, 0.717) is 11.5 Å². The average molecular weight is 356 g/mol. The molecule has 0 amide bonds. The summed E-state index contributed by atoms with van der Waals surface area (Å²) in [6, 6.07) is 5.87. The second-order valence-electron chi connectivity index (χ2n) is 6.49. The van der Waals surface area contributed by atoms with E-state index in [0.717, 1.165) is 49.3 Å². The summed E-state index contributed by atoms with van der Waals surface area (Å²) < 4.78 is 6.20. The third kappa shape index (κ3) is 2.85. The largest absolute Gasteiger partial charge is 0.477 e. The van der Waals surface area contributed by atoms with E-state index in [1.807, 2.05) is 24.4 Å². The molecule has 0 radical (unpaired) electrons. The van der Waals surface area contributed by atoms with E-state index in [1.54, 1.807) is 6.08 Å². The zero-order chi connectivity index (χ0) is 17.4. The van der Waals surface area contributed by atoms with Gasteiger partial charge in [-0.3, -0.25) is 0 Å². The highest BCUT2D eigenvalue weighted by molar-refractivity contribution is 7.14. The average Bonchev–Trinajstić information content (AvgIpc) is 3.09. The van der Waals surface area contributed by atoms with E-state index in [2.05, 4.69) is 16.5 Å². The third-order valence-electron chi connectivity index (χ3n) is 5.12. The molecule has 4 rings (SSSR count). The summed E-state index contributed by atoms with van der Waals surface area (Å²) >= 11 is 1.40. The van der Waals surface area contributed by atoms with Crippen LogP contribution in [-0.4, -0.2) is 35.8 Å². The van der Waals surface area contributed by atoms with Gasteiger partial charge >= 0.3 is 5.97 Å². The van der Waals surface area contributed by atoms with Crippen molar-refractivity contribution >= 4 is 29.2 Å². The van der Waals surface area contributed by atoms with E-state index in [-0.39, 0.29) is 5.60 Å². The van der Waals surface area contributed by atoms with Crippen LogP contribution in [0.2, 0.25) is 0 Å². The Hall–Kier alpha value is -2.18. The lowest BCUT2D eigenvalue weighted by atomic mass is 9.82. The summed E-state index contributed by atoms with van der Waals surface area (Å²) in [4.78, 5) is 19.7. The molecule has 0 aliphatic carbocycles. The molecule has 5 nitrogen and oxygen atoms in total. The van der Waals surface area contributed by atoms with Crippen LogP contribution in [-0.2, 0) is 16.8 Å². The van der Waals surface area contributed by atoms with Gasteiger partial charge in [0.2, 0.25) is 0 Å². The number of carbonyl (C=O) groups is 1. The van der Waals surface area contributed by atoms with Gasteiger partial charge in [-0.1, -0.05) is 12.7 Å². The molecule has 1 saturated heterocycles. The minimum atomic E-state index is -0.849. The number of aromatic nitrogens is 1. The number of piperidine rings is 1. The van der Waals surface area contributed by atoms with Gasteiger partial charge in [0.25, 0.3) is 0 Å². The number of pyridine rings is 1. The second-order valence-corrected chi connectivity index (χ2v) is 7.62. The van der Waals surface area contributed by atoms with Crippen LogP contribution >= 0.6 is 11.3 Å². The summed E-state index contributed by atoms with van der Waals surface area (Å²) in [7, 11) is 0. The molecular weight excluding hydrogens is 336 g/mol. The van der Waals surface area contributed by atoms with Gasteiger partial charge in [0.15, 0.2) is 0 Å². The highest BCUT2D eigenvalue weighted by Crippen LogP contribution is 2.45. The Bertz CT molecular complexity index is 805. The van der Waals surface area contributed by atoms with Crippen LogP contribution < -0.4 is 4.90 Å². The van der Waals surface area contributed by atoms with Crippen molar-refractivity contribution in [3.05, 3.63) is 51.9 Å². The molecule has 130 valence electrons. The van der Waals surface area contributed by atoms with Crippen LogP contribution in [0.4, 0.5) is 5.82 Å². The molecule has 2 aromatic heterocycles. The molecule has 1 fully saturated rings. The SMILES string of the molecule is C=Cc1ccc(N2CCC3(CC2)OCCc2sc(C(=O)O)cc23)nc1. The summed E-state index contributed by atoms with van der Waals surface area (Å²) in [5.74, 6) is 0.117. The van der Waals surface area contributed by atoms with Gasteiger partial charge in [-0.15, -0.1) is 11.3 Å². The molecule has 0 saturated carbocycles. The Balaban J connectivity index is 1.55. The number of rotatable bonds is 3. The molecule has 0 atom stereocenters. The molecule has 1 N–H and O–H groups in total. The van der Waals surface area contributed by atoms with Gasteiger partial charge in [0, 0.05) is 30.6 Å². The number of nitrogens with zero attached hydrogens (tertiary/aromatic N) is 2. The highest BCUT2D eigenvalue weighted by Gasteiger charge is 2.42. The fourth-order valence-corrected chi connectivity index (χ4v) is 4.81. The number of hydrogen-bond donors (Lipinski definition) is 1. The molecule has 0 aromatic carbocycles. The first-order valence-electron chi connectivity index (χ1n) is 8.45. The normalized spacial score (nSPS) is 18.8. The molecule has 0 unspecified atom stereocenters. The molecule has 2 aliphatic heterocycles. The highest BCUT2D eigenvalue weighted by atomic mass is 32.1. The van der Waals surface area contributed by atoms with Gasteiger partial charge < -0.3 is 14.7 Å². The van der Waals surface area contributed by atoms with Crippen molar-refractivity contribution in [2.45, 2.75) is 24.9 Å². The predicted octanol–water partition coefficient (Wildman–Crippen LogP) is 3.55. The maximum absolute atomic E-state index is 11.3. The molecule has 0 bridgehead atoms. The van der Waals surface area contributed by atoms with Crippen molar-refractivity contribution in [3.8, 4) is 0 Å². The maximum Gasteiger partial charge on any atom is 0.345 e. The Morgan fingerprint density at radius 2 is 2.20 bits per heavy atom. The van der Waals surface area contributed by atoms with E-state index in [9.17, 15) is 9.90 Å². The van der Waals surface area contributed by atoms with Crippen LogP contribution in [0.5, 0.6) is 0 Å². The standard InChI is InChI=1S/C19H20N2O3S/c1-2-13-3-4-17(20-12-13)21-8-6-19(7-9-21)14-11-16(18(22)23)25-15(14)5-10-24-19/h2-4,11-12H,1,5-10H2,(H,22,23). The Morgan fingerprint density at radius 3 is 2.84 bits per heavy atom. The molecule has 6 heteroatoms. The van der Waals surface area contributed by atoms with Gasteiger partial charge in [0.1, 0.15) is 10.7 Å². The molecule has 2 aliphatic rings. The third-order valence-corrected chi connectivity index (χ3v) is 6.30. The monoisotopic (exact) mass is 356 g/mol. The fraction of sp³-hybridized carbons (Fsp3) is 0.368. The number of thiophene rings is 1. The zero-order valence-corrected chi connectivity index (χ0v) is 14.7. The number of aromatic carboxylic acids is 1. The minimum absolute atomic E-state index is 0.338. The Kier molecular flexibility index (Phi) is 4.09. The Morgan fingerprint density at radius 1 is 1.40 bits per heavy atom. The van der Waals surface area contributed by atoms with E-state index in [4.69, 9.17) is 4.74 Å². The molecule has 4 heterocycles. The molecule has 2 aromatic rings. The van der Waals surface area contributed by atoms with Crippen molar-refractivity contribution in [3.63, 3.8) is 0 Å². The van der Waals surface area contributed by atoms with Crippen molar-refractivity contribution < 1.29 is 14.6 Å². The van der Waals surface area contributed by atoms with Crippen LogP contribution in [0.3, 0.4) is 0 Å². The number of hydrogen-bond acceptors (Lipinski definition) is 5. The van der Waals surface area contributed by atoms with E-state index >= 15 is 0 Å². The van der Waals surface area contributed by atoms with Crippen LogP contribution in [0.1, 0.15) is 38.5 Å². The van der Waals surface area contributed by atoms with Crippen molar-refractivity contribution in [1.29, 1.82) is 0 Å². The first-order valence-corrected chi connectivity index (χ1v) is 9.27. The lowest BCUT2D eigenvalue weighted by Crippen LogP contribution is -2.46. The van der Waals surface area contributed by atoms with Gasteiger partial charge in [-0.05, 0) is 42.2 Å². The number of carboxylic acid groups (broad SMARTS) is 1. The quantitative estimate of drug-likeness (QED) is 0.911. The van der Waals surface area contributed by atoms with Crippen molar-refractivity contribution in [2.24, 2.45) is 0 Å². The lowest BCUT2D eigenvalue weighted by molar-refractivity contribution is -0.0757. The Labute approximate surface area is 150 Å². The topological polar surface area (TPSA) is 62.7 Å². The second kappa shape index (κ2) is 6.28. The van der Waals surface area contributed by atoms with Gasteiger partial charge in [-0.2, -0.15) is 0 Å². The summed E-state index contributed by atoms with van der Waals surface area (Å²) in [5.41, 5.74) is 1.77. The zero-order valence-electron chi connectivity index (χ0n) is 13.9. The number of ether oxygens (including phenoxy) is 1. The van der Waals surface area contributed by atoms with Crippen molar-refractivity contribution in [2.75, 3.05) is 24.6 Å². The molecule has 25 heavy (non-hydrogen) atoms. The summed E-state index contributed by atoms with van der Waals surface area (Å²) in [6.45, 7) is 6.11. The minimum Gasteiger partial charge on any atom is -0.477 e. The van der Waals surface area contributed by atoms with Crippen LogP contribution in [0.15, 0.2) is 31.0 Å². The first-order chi connectivity index (χ1) is 12.1. The molecular formula is C19H20N2O3S. The number of fused-ring (bicyclic) bond motifs is 2. The summed E-state index contributed by atoms with van der Waals surface area (Å²) in [5, 5.41) is 9.30. The fourth-order valence-electron chi connectivity index (χ4n) is 3.74. The molecule has 1 spiro atoms. The summed E-state index contributed by atoms with van der Waals surface area (Å²) in [6.07, 6.45) is 6.13. The van der Waals surface area contributed by atoms with Crippen LogP contribution in [0.25, 0.3) is 6.08 Å². The van der Waals surface area contributed by atoms with E-state index < -0.39 is 5.97 Å². The van der Waals surface area contributed by atoms with Crippen LogP contribution in [0, 0.1) is 0 Å². The lowest BCUT2D eigenvalue weighted by Gasteiger charge is -2.44. The number of anilines is 1. The smallest absolute Gasteiger partial charge is 0.345 e. The maximum atomic E-state index is 11.3. The predicted molar refractivity (Wildman–Crippen MR) is 98.4 cm³/mol. The van der Waals surface area contributed by atoms with Crippen molar-refractivity contribution in [1.82, 2.24) is 4.98 Å². The van der Waals surface area contributed by atoms with Gasteiger partial charge in [-0.25, -0.2) is 9.78 Å². The van der Waals surface area contributed by atoms with Gasteiger partial charge in [0.05, 0.1) is 12.2 Å².